The fraction of sp³-hybridized carbons (Fsp3) is 0.263. The Morgan fingerprint density at radius 2 is 1.72 bits per heavy atom. The Hall–Kier alpha value is -2.53. The van der Waals surface area contributed by atoms with E-state index in [-0.39, 0.29) is 24.5 Å². The molecule has 0 heterocycles. The number of carbonyl (C=O) groups excluding carboxylic acids is 2. The number of carbonyl (C=O) groups is 2. The summed E-state index contributed by atoms with van der Waals surface area (Å²) in [6.45, 7) is 3.85. The van der Waals surface area contributed by atoms with Crippen LogP contribution in [0.15, 0.2) is 48.5 Å². The van der Waals surface area contributed by atoms with E-state index < -0.39 is 0 Å². The average Bonchev–Trinajstić information content (AvgIpc) is 2.61. The Kier molecular flexibility index (Phi) is 6.83. The molecule has 0 saturated heterocycles. The normalized spacial score (nSPS) is 11.5. The number of halogens is 1. The van der Waals surface area contributed by atoms with Crippen molar-refractivity contribution >= 4 is 29.1 Å². The Morgan fingerprint density at radius 3 is 2.32 bits per heavy atom. The fourth-order valence-corrected chi connectivity index (χ4v) is 2.12. The number of benzene rings is 2. The van der Waals surface area contributed by atoms with Gasteiger partial charge in [-0.3, -0.25) is 9.59 Å². The standard InChI is InChI=1S/C19H21ClN2O3/c1-3-13(2)21-19(24)14-4-8-16(9-5-14)22-18(23)12-25-17-10-6-15(20)7-11-17/h4-11,13H,3,12H2,1-2H3,(H,21,24)(H,22,23). The van der Waals surface area contributed by atoms with Gasteiger partial charge in [0, 0.05) is 22.3 Å². The second-order valence-corrected chi connectivity index (χ2v) is 6.09. The molecule has 2 aromatic carbocycles. The van der Waals surface area contributed by atoms with Crippen molar-refractivity contribution in [3.05, 3.63) is 59.1 Å². The lowest BCUT2D eigenvalue weighted by Gasteiger charge is -2.12. The summed E-state index contributed by atoms with van der Waals surface area (Å²) in [7, 11) is 0. The Morgan fingerprint density at radius 1 is 1.08 bits per heavy atom. The first-order chi connectivity index (χ1) is 12.0. The molecule has 0 bridgehead atoms. The Bertz CT molecular complexity index is 714. The van der Waals surface area contributed by atoms with E-state index in [1.54, 1.807) is 48.5 Å². The molecule has 0 aliphatic rings. The molecule has 132 valence electrons. The molecule has 2 rings (SSSR count). The maximum Gasteiger partial charge on any atom is 0.262 e. The van der Waals surface area contributed by atoms with Gasteiger partial charge in [0.1, 0.15) is 5.75 Å². The van der Waals surface area contributed by atoms with Crippen molar-refractivity contribution in [1.82, 2.24) is 5.32 Å². The second kappa shape index (κ2) is 9.08. The van der Waals surface area contributed by atoms with Gasteiger partial charge in [-0.1, -0.05) is 18.5 Å². The first-order valence-corrected chi connectivity index (χ1v) is 8.45. The van der Waals surface area contributed by atoms with Crippen molar-refractivity contribution in [2.75, 3.05) is 11.9 Å². The van der Waals surface area contributed by atoms with Gasteiger partial charge in [0.25, 0.3) is 11.8 Å². The molecule has 6 heteroatoms. The third kappa shape index (κ3) is 6.12. The van der Waals surface area contributed by atoms with Crippen molar-refractivity contribution in [2.45, 2.75) is 26.3 Å². The van der Waals surface area contributed by atoms with Crippen molar-refractivity contribution in [2.24, 2.45) is 0 Å². The summed E-state index contributed by atoms with van der Waals surface area (Å²) in [5, 5.41) is 6.22. The van der Waals surface area contributed by atoms with Crippen LogP contribution in [0, 0.1) is 0 Å². The van der Waals surface area contributed by atoms with Crippen molar-refractivity contribution in [1.29, 1.82) is 0 Å². The quantitative estimate of drug-likeness (QED) is 0.787. The zero-order valence-corrected chi connectivity index (χ0v) is 15.0. The predicted octanol–water partition coefficient (Wildman–Crippen LogP) is 3.89. The zero-order valence-electron chi connectivity index (χ0n) is 14.2. The minimum atomic E-state index is -0.285. The monoisotopic (exact) mass is 360 g/mol. The summed E-state index contributed by atoms with van der Waals surface area (Å²) in [5.41, 5.74) is 1.15. The number of hydrogen-bond acceptors (Lipinski definition) is 3. The summed E-state index contributed by atoms with van der Waals surface area (Å²) >= 11 is 5.79. The van der Waals surface area contributed by atoms with E-state index in [9.17, 15) is 9.59 Å². The third-order valence-corrected chi connectivity index (χ3v) is 3.86. The van der Waals surface area contributed by atoms with Crippen LogP contribution in [0.3, 0.4) is 0 Å². The number of nitrogens with one attached hydrogen (secondary N) is 2. The SMILES string of the molecule is CCC(C)NC(=O)c1ccc(NC(=O)COc2ccc(Cl)cc2)cc1. The van der Waals surface area contributed by atoms with Gasteiger partial charge in [-0.25, -0.2) is 0 Å². The molecule has 0 saturated carbocycles. The number of anilines is 1. The van der Waals surface area contributed by atoms with Gasteiger partial charge < -0.3 is 15.4 Å². The summed E-state index contributed by atoms with van der Waals surface area (Å²) in [5.74, 6) is 0.154. The molecule has 1 atom stereocenters. The molecule has 2 aromatic rings. The van der Waals surface area contributed by atoms with Crippen LogP contribution in [0.1, 0.15) is 30.6 Å². The van der Waals surface area contributed by atoms with Gasteiger partial charge >= 0.3 is 0 Å². The van der Waals surface area contributed by atoms with Crippen LogP contribution in [-0.2, 0) is 4.79 Å². The van der Waals surface area contributed by atoms with Gasteiger partial charge in [-0.2, -0.15) is 0 Å². The van der Waals surface area contributed by atoms with Crippen molar-refractivity contribution in [3.63, 3.8) is 0 Å². The van der Waals surface area contributed by atoms with Crippen LogP contribution in [-0.4, -0.2) is 24.5 Å². The van der Waals surface area contributed by atoms with Crippen molar-refractivity contribution in [3.8, 4) is 5.75 Å². The highest BCUT2D eigenvalue weighted by Gasteiger charge is 2.09. The van der Waals surface area contributed by atoms with Crippen LogP contribution in [0.4, 0.5) is 5.69 Å². The van der Waals surface area contributed by atoms with E-state index in [1.165, 1.54) is 0 Å². The minimum absolute atomic E-state index is 0.113. The number of amides is 2. The maximum absolute atomic E-state index is 12.0. The van der Waals surface area contributed by atoms with E-state index in [4.69, 9.17) is 16.3 Å². The third-order valence-electron chi connectivity index (χ3n) is 3.60. The second-order valence-electron chi connectivity index (χ2n) is 5.65. The van der Waals surface area contributed by atoms with Crippen LogP contribution in [0.25, 0.3) is 0 Å². The Balaban J connectivity index is 1.84. The van der Waals surface area contributed by atoms with E-state index in [0.717, 1.165) is 6.42 Å². The van der Waals surface area contributed by atoms with E-state index in [1.807, 2.05) is 13.8 Å². The molecule has 0 aliphatic carbocycles. The lowest BCUT2D eigenvalue weighted by atomic mass is 10.1. The molecule has 1 unspecified atom stereocenters. The first-order valence-electron chi connectivity index (χ1n) is 8.07. The lowest BCUT2D eigenvalue weighted by Crippen LogP contribution is -2.31. The van der Waals surface area contributed by atoms with E-state index >= 15 is 0 Å². The average molecular weight is 361 g/mol. The van der Waals surface area contributed by atoms with Gasteiger partial charge in [0.2, 0.25) is 0 Å². The van der Waals surface area contributed by atoms with Gasteiger partial charge in [-0.15, -0.1) is 0 Å². The predicted molar refractivity (Wildman–Crippen MR) is 99.2 cm³/mol. The van der Waals surface area contributed by atoms with Crippen LogP contribution < -0.4 is 15.4 Å². The molecule has 0 aliphatic heterocycles. The molecule has 25 heavy (non-hydrogen) atoms. The molecule has 0 aromatic heterocycles. The Labute approximate surface area is 152 Å². The van der Waals surface area contributed by atoms with Crippen LogP contribution >= 0.6 is 11.6 Å². The fourth-order valence-electron chi connectivity index (χ4n) is 1.99. The summed E-state index contributed by atoms with van der Waals surface area (Å²) in [6.07, 6.45) is 0.869. The van der Waals surface area contributed by atoms with Gasteiger partial charge in [0.05, 0.1) is 0 Å². The molecule has 0 spiro atoms. The molecule has 5 nitrogen and oxygen atoms in total. The van der Waals surface area contributed by atoms with Crippen molar-refractivity contribution < 1.29 is 14.3 Å². The lowest BCUT2D eigenvalue weighted by molar-refractivity contribution is -0.118. The first kappa shape index (κ1) is 18.8. The number of hydrogen-bond donors (Lipinski definition) is 2. The highest BCUT2D eigenvalue weighted by molar-refractivity contribution is 6.30. The summed E-state index contributed by atoms with van der Waals surface area (Å²) < 4.78 is 5.38. The number of ether oxygens (including phenoxy) is 1. The maximum atomic E-state index is 12.0. The van der Waals surface area contributed by atoms with E-state index in [0.29, 0.717) is 22.0 Å². The highest BCUT2D eigenvalue weighted by atomic mass is 35.5. The summed E-state index contributed by atoms with van der Waals surface area (Å²) in [6, 6.07) is 13.6. The summed E-state index contributed by atoms with van der Waals surface area (Å²) in [4.78, 5) is 23.9. The molecule has 0 fully saturated rings. The zero-order chi connectivity index (χ0) is 18.2. The van der Waals surface area contributed by atoms with Crippen LogP contribution in [0.2, 0.25) is 5.02 Å². The minimum Gasteiger partial charge on any atom is -0.484 e. The molecule has 2 amide bonds. The molecule has 0 radical (unpaired) electrons. The van der Waals surface area contributed by atoms with Gasteiger partial charge in [0.15, 0.2) is 6.61 Å². The molecular weight excluding hydrogens is 340 g/mol. The van der Waals surface area contributed by atoms with Gasteiger partial charge in [-0.05, 0) is 61.9 Å². The smallest absolute Gasteiger partial charge is 0.262 e. The molecule has 2 N–H and O–H groups in total. The number of rotatable bonds is 7. The molecular formula is C19H21ClN2O3. The highest BCUT2D eigenvalue weighted by Crippen LogP contribution is 2.15. The topological polar surface area (TPSA) is 67.4 Å². The van der Waals surface area contributed by atoms with E-state index in [2.05, 4.69) is 10.6 Å². The largest absolute Gasteiger partial charge is 0.484 e. The van der Waals surface area contributed by atoms with Crippen LogP contribution in [0.5, 0.6) is 5.75 Å².